The van der Waals surface area contributed by atoms with Gasteiger partial charge in [-0.05, 0) is 18.2 Å². The van der Waals surface area contributed by atoms with E-state index >= 15 is 0 Å². The van der Waals surface area contributed by atoms with Crippen molar-refractivity contribution in [2.45, 2.75) is 0 Å². The molecule has 0 saturated heterocycles. The van der Waals surface area contributed by atoms with Crippen molar-refractivity contribution in [3.63, 3.8) is 0 Å². The predicted molar refractivity (Wildman–Crippen MR) is 48.5 cm³/mol. The fraction of sp³-hybridized carbons (Fsp3) is 0. The summed E-state index contributed by atoms with van der Waals surface area (Å²) in [6.45, 7) is 0. The summed E-state index contributed by atoms with van der Waals surface area (Å²) in [5, 5.41) is 0. The average Bonchev–Trinajstić information content (AvgIpc) is 2.21. The average molecular weight is 154 g/mol. The van der Waals surface area contributed by atoms with Gasteiger partial charge in [-0.25, -0.2) is 0 Å². The molecular weight excluding hydrogens is 146 g/mol. The third-order valence-electron chi connectivity index (χ3n) is 1.67. The summed E-state index contributed by atoms with van der Waals surface area (Å²) < 4.78 is 0. The molecule has 0 N–H and O–H groups in total. The molecule has 0 saturated carbocycles. The monoisotopic (exact) mass is 154 g/mol. The Labute approximate surface area is 71.7 Å². The molecule has 1 radical (unpaired) electrons. The van der Waals surface area contributed by atoms with Gasteiger partial charge in [-0.15, -0.1) is 0 Å². The summed E-state index contributed by atoms with van der Waals surface area (Å²) in [5.41, 5.74) is 2.10. The quantitative estimate of drug-likeness (QED) is 0.615. The number of aromatic nitrogens is 1. The van der Waals surface area contributed by atoms with Gasteiger partial charge in [0.15, 0.2) is 0 Å². The van der Waals surface area contributed by atoms with Crippen LogP contribution in [0.1, 0.15) is 0 Å². The molecule has 0 aliphatic carbocycles. The molecule has 0 unspecified atom stereocenters. The molecule has 1 heteroatoms. The van der Waals surface area contributed by atoms with Crippen LogP contribution in [0.25, 0.3) is 11.3 Å². The Morgan fingerprint density at radius 1 is 1.08 bits per heavy atom. The maximum Gasteiger partial charge on any atom is 0.0708 e. The van der Waals surface area contributed by atoms with E-state index in [4.69, 9.17) is 0 Å². The first kappa shape index (κ1) is 7.04. The van der Waals surface area contributed by atoms with Gasteiger partial charge in [0.2, 0.25) is 0 Å². The molecular formula is C11H8N. The molecule has 1 aromatic carbocycles. The van der Waals surface area contributed by atoms with Crippen LogP contribution in [0.5, 0.6) is 0 Å². The van der Waals surface area contributed by atoms with Crippen molar-refractivity contribution in [1.29, 1.82) is 0 Å². The highest BCUT2D eigenvalue weighted by molar-refractivity contribution is 5.57. The smallest absolute Gasteiger partial charge is 0.0708 e. The Balaban J connectivity index is 2.46. The normalized spacial score (nSPS) is 9.67. The molecule has 0 atom stereocenters. The number of pyridine rings is 1. The SMILES string of the molecule is [c]1ccnc(-c2ccccc2)c1. The van der Waals surface area contributed by atoms with Crippen molar-refractivity contribution in [3.05, 3.63) is 54.7 Å². The van der Waals surface area contributed by atoms with E-state index in [2.05, 4.69) is 11.1 Å². The van der Waals surface area contributed by atoms with Crippen LogP contribution in [0, 0.1) is 6.07 Å². The molecule has 0 aliphatic heterocycles. The van der Waals surface area contributed by atoms with Gasteiger partial charge >= 0.3 is 0 Å². The number of benzene rings is 1. The van der Waals surface area contributed by atoms with E-state index in [9.17, 15) is 0 Å². The minimum atomic E-state index is 0.970. The number of nitrogens with zero attached hydrogens (tertiary/aromatic N) is 1. The van der Waals surface area contributed by atoms with Gasteiger partial charge in [-0.3, -0.25) is 4.98 Å². The summed E-state index contributed by atoms with van der Waals surface area (Å²) in [6.07, 6.45) is 1.75. The summed E-state index contributed by atoms with van der Waals surface area (Å²) in [5.74, 6) is 0. The molecule has 2 aromatic rings. The second-order valence-corrected chi connectivity index (χ2v) is 2.51. The lowest BCUT2D eigenvalue weighted by atomic mass is 10.1. The van der Waals surface area contributed by atoms with Gasteiger partial charge in [-0.1, -0.05) is 30.3 Å². The van der Waals surface area contributed by atoms with E-state index in [0.717, 1.165) is 11.3 Å². The highest BCUT2D eigenvalue weighted by Crippen LogP contribution is 2.13. The largest absolute Gasteiger partial charge is 0.256 e. The van der Waals surface area contributed by atoms with Gasteiger partial charge in [0.1, 0.15) is 0 Å². The minimum absolute atomic E-state index is 0.970. The molecule has 0 amide bonds. The summed E-state index contributed by atoms with van der Waals surface area (Å²) in [7, 11) is 0. The molecule has 1 heterocycles. The van der Waals surface area contributed by atoms with Gasteiger partial charge in [0, 0.05) is 11.8 Å². The zero-order valence-corrected chi connectivity index (χ0v) is 6.57. The van der Waals surface area contributed by atoms with Gasteiger partial charge in [0.25, 0.3) is 0 Å². The van der Waals surface area contributed by atoms with E-state index in [1.165, 1.54) is 0 Å². The zero-order valence-electron chi connectivity index (χ0n) is 6.57. The van der Waals surface area contributed by atoms with Crippen molar-refractivity contribution in [3.8, 4) is 11.3 Å². The Morgan fingerprint density at radius 2 is 1.92 bits per heavy atom. The van der Waals surface area contributed by atoms with E-state index < -0.39 is 0 Å². The topological polar surface area (TPSA) is 12.9 Å². The fourth-order valence-corrected chi connectivity index (χ4v) is 1.09. The lowest BCUT2D eigenvalue weighted by Gasteiger charge is -1.97. The summed E-state index contributed by atoms with van der Waals surface area (Å²) in [6, 6.07) is 16.8. The van der Waals surface area contributed by atoms with E-state index in [0.29, 0.717) is 0 Å². The fourth-order valence-electron chi connectivity index (χ4n) is 1.09. The van der Waals surface area contributed by atoms with Crippen molar-refractivity contribution < 1.29 is 0 Å². The molecule has 12 heavy (non-hydrogen) atoms. The van der Waals surface area contributed by atoms with Crippen molar-refractivity contribution in [1.82, 2.24) is 4.98 Å². The Bertz CT molecular complexity index is 302. The van der Waals surface area contributed by atoms with Gasteiger partial charge in [-0.2, -0.15) is 0 Å². The van der Waals surface area contributed by atoms with Crippen LogP contribution in [0.2, 0.25) is 0 Å². The lowest BCUT2D eigenvalue weighted by molar-refractivity contribution is 1.32. The van der Waals surface area contributed by atoms with Crippen molar-refractivity contribution >= 4 is 0 Å². The standard InChI is InChI=1S/C11H8N/c1-2-6-10(7-3-1)11-8-4-5-9-12-11/h1-3,5-9H. The number of hydrogen-bond acceptors (Lipinski definition) is 1. The maximum absolute atomic E-state index is 4.22. The van der Waals surface area contributed by atoms with Crippen LogP contribution >= 0.6 is 0 Å². The van der Waals surface area contributed by atoms with Crippen molar-refractivity contribution in [2.24, 2.45) is 0 Å². The van der Waals surface area contributed by atoms with Crippen LogP contribution in [0.3, 0.4) is 0 Å². The van der Waals surface area contributed by atoms with Crippen LogP contribution in [0.15, 0.2) is 48.7 Å². The predicted octanol–water partition coefficient (Wildman–Crippen LogP) is 2.55. The van der Waals surface area contributed by atoms with E-state index in [1.807, 2.05) is 36.4 Å². The van der Waals surface area contributed by atoms with Crippen LogP contribution in [-0.4, -0.2) is 4.98 Å². The Hall–Kier alpha value is -1.63. The lowest BCUT2D eigenvalue weighted by Crippen LogP contribution is -1.79. The second-order valence-electron chi connectivity index (χ2n) is 2.51. The molecule has 0 aliphatic rings. The summed E-state index contributed by atoms with van der Waals surface area (Å²) in [4.78, 5) is 4.22. The number of hydrogen-bond donors (Lipinski definition) is 0. The van der Waals surface area contributed by atoms with Crippen molar-refractivity contribution in [2.75, 3.05) is 0 Å². The number of rotatable bonds is 1. The Morgan fingerprint density at radius 3 is 2.58 bits per heavy atom. The Kier molecular flexibility index (Phi) is 1.87. The molecule has 0 spiro atoms. The first-order valence-corrected chi connectivity index (χ1v) is 3.84. The van der Waals surface area contributed by atoms with E-state index in [1.54, 1.807) is 12.3 Å². The maximum atomic E-state index is 4.22. The first-order chi connectivity index (χ1) is 5.97. The zero-order chi connectivity index (χ0) is 8.23. The summed E-state index contributed by atoms with van der Waals surface area (Å²) >= 11 is 0. The second kappa shape index (κ2) is 3.18. The van der Waals surface area contributed by atoms with E-state index in [-0.39, 0.29) is 0 Å². The molecule has 57 valence electrons. The van der Waals surface area contributed by atoms with Gasteiger partial charge < -0.3 is 0 Å². The highest BCUT2D eigenvalue weighted by atomic mass is 14.7. The highest BCUT2D eigenvalue weighted by Gasteiger charge is 1.93. The molecule has 1 aromatic heterocycles. The minimum Gasteiger partial charge on any atom is -0.256 e. The third-order valence-corrected chi connectivity index (χ3v) is 1.67. The molecule has 1 nitrogen and oxygen atoms in total. The van der Waals surface area contributed by atoms with Gasteiger partial charge in [0.05, 0.1) is 5.69 Å². The van der Waals surface area contributed by atoms with Crippen LogP contribution in [-0.2, 0) is 0 Å². The van der Waals surface area contributed by atoms with Crippen LogP contribution < -0.4 is 0 Å². The molecule has 0 bridgehead atoms. The molecule has 0 fully saturated rings. The third kappa shape index (κ3) is 1.35. The van der Waals surface area contributed by atoms with Crippen LogP contribution in [0.4, 0.5) is 0 Å². The first-order valence-electron chi connectivity index (χ1n) is 3.84. The molecule has 2 rings (SSSR count).